The number of fused-ring (bicyclic) bond motifs is 1. The molecule has 0 saturated heterocycles. The molecule has 2 N–H and O–H groups in total. The van der Waals surface area contributed by atoms with Crippen molar-refractivity contribution in [3.05, 3.63) is 113 Å². The lowest BCUT2D eigenvalue weighted by molar-refractivity contribution is -0.118. The van der Waals surface area contributed by atoms with Gasteiger partial charge in [-0.05, 0) is 61.4 Å². The maximum atomic E-state index is 13.1. The number of aromatic nitrogens is 1. The quantitative estimate of drug-likeness (QED) is 0.565. The molecule has 166 valence electrons. The Kier molecular flexibility index (Phi) is 6.64. The Balaban J connectivity index is 1.61. The molecule has 1 aliphatic heterocycles. The fraction of sp³-hybridized carbons (Fsp3) is 0.148. The second-order valence-corrected chi connectivity index (χ2v) is 7.86. The lowest BCUT2D eigenvalue weighted by Crippen LogP contribution is -2.35. The Morgan fingerprint density at radius 1 is 1.06 bits per heavy atom. The summed E-state index contributed by atoms with van der Waals surface area (Å²) in [6, 6.07) is 18.6. The molecule has 1 aromatic heterocycles. The highest BCUT2D eigenvalue weighted by Gasteiger charge is 2.21. The molecule has 1 aliphatic rings. The van der Waals surface area contributed by atoms with Gasteiger partial charge in [-0.3, -0.25) is 14.6 Å². The molecule has 0 spiro atoms. The zero-order chi connectivity index (χ0) is 23.2. The standard InChI is InChI=1S/C27H25N3O3/c1-18-9-11-21(12-10-18)26(31)30-24(27(32)29-17-20-6-5-13-28-16-20)15-23-14-22-7-3-4-8-25(22)33-19(23)2/h3-16,19H,17H2,1-2H3,(H,29,32)(H,30,31). The van der Waals surface area contributed by atoms with Crippen molar-refractivity contribution in [3.63, 3.8) is 0 Å². The van der Waals surface area contributed by atoms with Crippen LogP contribution in [0.3, 0.4) is 0 Å². The summed E-state index contributed by atoms with van der Waals surface area (Å²) in [4.78, 5) is 30.0. The van der Waals surface area contributed by atoms with Crippen molar-refractivity contribution < 1.29 is 14.3 Å². The van der Waals surface area contributed by atoms with Gasteiger partial charge in [-0.1, -0.05) is 42.0 Å². The van der Waals surface area contributed by atoms with Crippen LogP contribution in [-0.4, -0.2) is 22.9 Å². The lowest BCUT2D eigenvalue weighted by atomic mass is 10.0. The number of hydrogen-bond acceptors (Lipinski definition) is 4. The van der Waals surface area contributed by atoms with Crippen LogP contribution in [0.15, 0.2) is 90.4 Å². The van der Waals surface area contributed by atoms with E-state index in [-0.39, 0.29) is 17.7 Å². The normalized spacial score (nSPS) is 15.0. The number of nitrogens with one attached hydrogen (secondary N) is 2. The van der Waals surface area contributed by atoms with Crippen LogP contribution >= 0.6 is 0 Å². The van der Waals surface area contributed by atoms with Crippen molar-refractivity contribution in [2.75, 3.05) is 0 Å². The monoisotopic (exact) mass is 439 g/mol. The molecule has 3 aromatic rings. The summed E-state index contributed by atoms with van der Waals surface area (Å²) in [5.74, 6) is 0.0304. The second-order valence-electron chi connectivity index (χ2n) is 7.86. The third-order valence-electron chi connectivity index (χ3n) is 5.31. The average molecular weight is 440 g/mol. The van der Waals surface area contributed by atoms with E-state index in [4.69, 9.17) is 4.74 Å². The number of carbonyl (C=O) groups excluding carboxylic acids is 2. The summed E-state index contributed by atoms with van der Waals surface area (Å²) in [6.45, 7) is 4.15. The number of amides is 2. The van der Waals surface area contributed by atoms with Gasteiger partial charge in [0.15, 0.2) is 0 Å². The van der Waals surface area contributed by atoms with E-state index in [1.165, 1.54) is 0 Å². The Bertz CT molecular complexity index is 1210. The van der Waals surface area contributed by atoms with Crippen molar-refractivity contribution in [1.82, 2.24) is 15.6 Å². The summed E-state index contributed by atoms with van der Waals surface area (Å²) in [7, 11) is 0. The number of benzene rings is 2. The predicted molar refractivity (Wildman–Crippen MR) is 127 cm³/mol. The maximum Gasteiger partial charge on any atom is 0.268 e. The van der Waals surface area contributed by atoms with Crippen LogP contribution in [0.5, 0.6) is 5.75 Å². The first-order valence-corrected chi connectivity index (χ1v) is 10.7. The van der Waals surface area contributed by atoms with E-state index >= 15 is 0 Å². The van der Waals surface area contributed by atoms with Gasteiger partial charge in [0.05, 0.1) is 0 Å². The Morgan fingerprint density at radius 2 is 1.85 bits per heavy atom. The van der Waals surface area contributed by atoms with Gasteiger partial charge in [0, 0.05) is 30.1 Å². The first-order valence-electron chi connectivity index (χ1n) is 10.7. The van der Waals surface area contributed by atoms with Gasteiger partial charge in [-0.2, -0.15) is 0 Å². The number of ether oxygens (including phenoxy) is 1. The van der Waals surface area contributed by atoms with Gasteiger partial charge in [-0.15, -0.1) is 0 Å². The number of rotatable bonds is 6. The van der Waals surface area contributed by atoms with Gasteiger partial charge >= 0.3 is 0 Å². The minimum absolute atomic E-state index is 0.144. The molecule has 6 nitrogen and oxygen atoms in total. The van der Waals surface area contributed by atoms with Crippen LogP contribution in [-0.2, 0) is 11.3 Å². The third kappa shape index (κ3) is 5.54. The largest absolute Gasteiger partial charge is 0.485 e. The molecule has 33 heavy (non-hydrogen) atoms. The van der Waals surface area contributed by atoms with E-state index in [0.717, 1.165) is 28.0 Å². The molecule has 4 rings (SSSR count). The van der Waals surface area contributed by atoms with Crippen LogP contribution < -0.4 is 15.4 Å². The topological polar surface area (TPSA) is 80.3 Å². The van der Waals surface area contributed by atoms with Crippen molar-refractivity contribution in [3.8, 4) is 5.75 Å². The molecule has 0 saturated carbocycles. The number of carbonyl (C=O) groups is 2. The summed E-state index contributed by atoms with van der Waals surface area (Å²) in [5.41, 5.74) is 4.22. The highest BCUT2D eigenvalue weighted by Crippen LogP contribution is 2.30. The molecule has 0 aliphatic carbocycles. The number of hydrogen-bond donors (Lipinski definition) is 2. The predicted octanol–water partition coefficient (Wildman–Crippen LogP) is 4.18. The van der Waals surface area contributed by atoms with Crippen molar-refractivity contribution in [1.29, 1.82) is 0 Å². The number of nitrogens with zero attached hydrogens (tertiary/aromatic N) is 1. The zero-order valence-electron chi connectivity index (χ0n) is 18.5. The maximum absolute atomic E-state index is 13.1. The van der Waals surface area contributed by atoms with Gasteiger partial charge in [0.25, 0.3) is 11.8 Å². The SMILES string of the molecule is Cc1ccc(C(=O)NC(=CC2=Cc3ccccc3OC2C)C(=O)NCc2cccnc2)cc1. The van der Waals surface area contributed by atoms with E-state index in [1.807, 2.05) is 62.4 Å². The fourth-order valence-corrected chi connectivity index (χ4v) is 3.43. The highest BCUT2D eigenvalue weighted by molar-refractivity contribution is 6.03. The molecular formula is C27H25N3O3. The molecule has 2 heterocycles. The van der Waals surface area contributed by atoms with Crippen molar-refractivity contribution >= 4 is 17.9 Å². The summed E-state index contributed by atoms with van der Waals surface area (Å²) < 4.78 is 5.99. The number of para-hydroxylation sites is 1. The lowest BCUT2D eigenvalue weighted by Gasteiger charge is -2.23. The highest BCUT2D eigenvalue weighted by atomic mass is 16.5. The zero-order valence-corrected chi connectivity index (χ0v) is 18.5. The minimum atomic E-state index is -0.397. The Hall–Kier alpha value is -4.19. The molecule has 2 aromatic carbocycles. The Morgan fingerprint density at radius 3 is 2.61 bits per heavy atom. The summed E-state index contributed by atoms with van der Waals surface area (Å²) in [6.07, 6.45) is 6.72. The molecule has 2 amide bonds. The van der Waals surface area contributed by atoms with Gasteiger partial charge in [-0.25, -0.2) is 0 Å². The Labute approximate surface area is 193 Å². The van der Waals surface area contributed by atoms with E-state index < -0.39 is 5.91 Å². The smallest absolute Gasteiger partial charge is 0.268 e. The van der Waals surface area contributed by atoms with Crippen LogP contribution in [0.1, 0.15) is 34.0 Å². The average Bonchev–Trinajstić information content (AvgIpc) is 2.83. The van der Waals surface area contributed by atoms with Gasteiger partial charge in [0.1, 0.15) is 17.6 Å². The minimum Gasteiger partial charge on any atom is -0.485 e. The molecule has 0 bridgehead atoms. The van der Waals surface area contributed by atoms with E-state index in [0.29, 0.717) is 12.1 Å². The summed E-state index contributed by atoms with van der Waals surface area (Å²) in [5, 5.41) is 5.64. The van der Waals surface area contributed by atoms with Gasteiger partial charge < -0.3 is 15.4 Å². The summed E-state index contributed by atoms with van der Waals surface area (Å²) >= 11 is 0. The van der Waals surface area contributed by atoms with Crippen molar-refractivity contribution in [2.24, 2.45) is 0 Å². The van der Waals surface area contributed by atoms with Crippen LogP contribution in [0.4, 0.5) is 0 Å². The number of pyridine rings is 1. The fourth-order valence-electron chi connectivity index (χ4n) is 3.43. The van der Waals surface area contributed by atoms with Crippen LogP contribution in [0.2, 0.25) is 0 Å². The second kappa shape index (κ2) is 9.96. The third-order valence-corrected chi connectivity index (χ3v) is 5.31. The number of aryl methyl sites for hydroxylation is 1. The first-order chi connectivity index (χ1) is 16.0. The van der Waals surface area contributed by atoms with Gasteiger partial charge in [0.2, 0.25) is 0 Å². The van der Waals surface area contributed by atoms with Crippen LogP contribution in [0, 0.1) is 6.92 Å². The molecule has 1 unspecified atom stereocenters. The molecule has 6 heteroatoms. The molecular weight excluding hydrogens is 414 g/mol. The molecule has 0 radical (unpaired) electrons. The van der Waals surface area contributed by atoms with E-state index in [2.05, 4.69) is 15.6 Å². The molecule has 0 fully saturated rings. The van der Waals surface area contributed by atoms with Crippen molar-refractivity contribution in [2.45, 2.75) is 26.5 Å². The van der Waals surface area contributed by atoms with E-state index in [9.17, 15) is 9.59 Å². The molecule has 1 atom stereocenters. The van der Waals surface area contributed by atoms with Crippen LogP contribution in [0.25, 0.3) is 6.08 Å². The van der Waals surface area contributed by atoms with E-state index in [1.54, 1.807) is 36.7 Å². The first kappa shape index (κ1) is 22.0.